The predicted molar refractivity (Wildman–Crippen MR) is 49.2 cm³/mol. The van der Waals surface area contributed by atoms with Crippen LogP contribution in [-0.2, 0) is 0 Å². The minimum atomic E-state index is 0.591. The van der Waals surface area contributed by atoms with Crippen molar-refractivity contribution in [1.82, 2.24) is 4.90 Å². The number of nitrogens with zero attached hydrogens (tertiary/aromatic N) is 1. The highest BCUT2D eigenvalue weighted by Crippen LogP contribution is 2.41. The summed E-state index contributed by atoms with van der Waals surface area (Å²) in [6.07, 6.45) is 4.19. The first kappa shape index (κ1) is 7.35. The van der Waals surface area contributed by atoms with Crippen LogP contribution >= 0.6 is 12.2 Å². The molecule has 2 fully saturated rings. The quantitative estimate of drug-likeness (QED) is 0.594. The predicted octanol–water partition coefficient (Wildman–Crippen LogP) is 0.962. The van der Waals surface area contributed by atoms with E-state index in [1.54, 1.807) is 0 Å². The van der Waals surface area contributed by atoms with Crippen LogP contribution in [0.3, 0.4) is 0 Å². The van der Waals surface area contributed by atoms with Crippen LogP contribution in [0.15, 0.2) is 0 Å². The summed E-state index contributed by atoms with van der Waals surface area (Å²) in [7, 11) is 0. The Labute approximate surface area is 72.7 Å². The molecule has 3 heteroatoms. The van der Waals surface area contributed by atoms with Crippen LogP contribution in [0.2, 0.25) is 0 Å². The van der Waals surface area contributed by atoms with E-state index in [9.17, 15) is 0 Å². The molecule has 62 valence electrons. The van der Waals surface area contributed by atoms with Gasteiger partial charge in [-0.25, -0.2) is 0 Å². The van der Waals surface area contributed by atoms with Gasteiger partial charge >= 0.3 is 0 Å². The Kier molecular flexibility index (Phi) is 1.75. The summed E-state index contributed by atoms with van der Waals surface area (Å²) in [5, 5.41) is 0.591. The van der Waals surface area contributed by atoms with E-state index in [2.05, 4.69) is 4.90 Å². The highest BCUT2D eigenvalue weighted by molar-refractivity contribution is 7.80. The second kappa shape index (κ2) is 2.63. The molecule has 1 aliphatic carbocycles. The van der Waals surface area contributed by atoms with Gasteiger partial charge in [0.1, 0.15) is 0 Å². The Bertz CT molecular complexity index is 177. The molecule has 1 heterocycles. The second-order valence-corrected chi connectivity index (χ2v) is 4.09. The van der Waals surface area contributed by atoms with Crippen LogP contribution in [0.1, 0.15) is 19.3 Å². The summed E-state index contributed by atoms with van der Waals surface area (Å²) >= 11 is 4.92. The molecule has 0 bridgehead atoms. The molecule has 1 aliphatic heterocycles. The van der Waals surface area contributed by atoms with Crippen molar-refractivity contribution in [3.05, 3.63) is 0 Å². The third-order valence-corrected chi connectivity index (χ3v) is 3.08. The lowest BCUT2D eigenvalue weighted by Gasteiger charge is -2.15. The van der Waals surface area contributed by atoms with Gasteiger partial charge in [0.05, 0.1) is 0 Å². The van der Waals surface area contributed by atoms with Crippen molar-refractivity contribution in [1.29, 1.82) is 0 Å². The molecule has 2 aliphatic rings. The van der Waals surface area contributed by atoms with Gasteiger partial charge in [0.2, 0.25) is 0 Å². The van der Waals surface area contributed by atoms with Crippen LogP contribution in [0.4, 0.5) is 0 Å². The van der Waals surface area contributed by atoms with Crippen molar-refractivity contribution in [3.8, 4) is 0 Å². The first-order valence-corrected chi connectivity index (χ1v) is 4.72. The first-order valence-electron chi connectivity index (χ1n) is 4.32. The molecule has 0 radical (unpaired) electrons. The number of thiocarbonyl (C=S) groups is 1. The maximum Gasteiger partial charge on any atom is 0.166 e. The van der Waals surface area contributed by atoms with E-state index in [0.29, 0.717) is 5.11 Å². The van der Waals surface area contributed by atoms with Gasteiger partial charge < -0.3 is 10.6 Å². The summed E-state index contributed by atoms with van der Waals surface area (Å²) in [6, 6.07) is 0. The minimum absolute atomic E-state index is 0.591. The fraction of sp³-hybridized carbons (Fsp3) is 0.875. The van der Waals surface area contributed by atoms with Gasteiger partial charge in [0.15, 0.2) is 5.11 Å². The Morgan fingerprint density at radius 1 is 1.27 bits per heavy atom. The Balaban J connectivity index is 1.87. The monoisotopic (exact) mass is 170 g/mol. The summed E-state index contributed by atoms with van der Waals surface area (Å²) in [4.78, 5) is 2.14. The number of likely N-dealkylation sites (tertiary alicyclic amines) is 1. The van der Waals surface area contributed by atoms with Gasteiger partial charge in [0.25, 0.3) is 0 Å². The van der Waals surface area contributed by atoms with Crippen LogP contribution in [-0.4, -0.2) is 23.1 Å². The Morgan fingerprint density at radius 2 is 2.00 bits per heavy atom. The maximum absolute atomic E-state index is 5.54. The van der Waals surface area contributed by atoms with E-state index in [1.165, 1.54) is 19.3 Å². The summed E-state index contributed by atoms with van der Waals surface area (Å²) in [5.74, 6) is 1.91. The molecule has 0 amide bonds. The molecule has 1 saturated carbocycles. The van der Waals surface area contributed by atoms with Gasteiger partial charge in [0, 0.05) is 13.1 Å². The average molecular weight is 170 g/mol. The molecule has 0 aromatic rings. The van der Waals surface area contributed by atoms with Crippen LogP contribution in [0, 0.1) is 11.8 Å². The van der Waals surface area contributed by atoms with Gasteiger partial charge in [-0.2, -0.15) is 0 Å². The smallest absolute Gasteiger partial charge is 0.166 e. The largest absolute Gasteiger partial charge is 0.376 e. The highest BCUT2D eigenvalue weighted by Gasteiger charge is 2.35. The van der Waals surface area contributed by atoms with E-state index >= 15 is 0 Å². The molecule has 2 N–H and O–H groups in total. The molecular weight excluding hydrogens is 156 g/mol. The lowest BCUT2D eigenvalue weighted by Crippen LogP contribution is -2.33. The third kappa shape index (κ3) is 1.48. The SMILES string of the molecule is NC(=S)N1CCC(C2CC2)C1. The van der Waals surface area contributed by atoms with Gasteiger partial charge in [-0.05, 0) is 43.3 Å². The highest BCUT2D eigenvalue weighted by atomic mass is 32.1. The maximum atomic E-state index is 5.54. The fourth-order valence-electron chi connectivity index (χ4n) is 1.94. The topological polar surface area (TPSA) is 29.3 Å². The number of rotatable bonds is 1. The van der Waals surface area contributed by atoms with Crippen molar-refractivity contribution >= 4 is 17.3 Å². The molecule has 0 aromatic heterocycles. The minimum Gasteiger partial charge on any atom is -0.376 e. The Hall–Kier alpha value is -0.310. The van der Waals surface area contributed by atoms with Crippen LogP contribution < -0.4 is 5.73 Å². The van der Waals surface area contributed by atoms with Crippen molar-refractivity contribution in [2.75, 3.05) is 13.1 Å². The van der Waals surface area contributed by atoms with Crippen LogP contribution in [0.25, 0.3) is 0 Å². The van der Waals surface area contributed by atoms with Crippen molar-refractivity contribution in [2.24, 2.45) is 17.6 Å². The molecule has 2 nitrogen and oxygen atoms in total. The summed E-state index contributed by atoms with van der Waals surface area (Å²) in [6.45, 7) is 2.22. The molecular formula is C8H14N2S. The molecule has 1 atom stereocenters. The van der Waals surface area contributed by atoms with E-state index in [4.69, 9.17) is 18.0 Å². The van der Waals surface area contributed by atoms with E-state index in [-0.39, 0.29) is 0 Å². The van der Waals surface area contributed by atoms with Crippen LogP contribution in [0.5, 0.6) is 0 Å². The first-order chi connectivity index (χ1) is 5.27. The number of nitrogens with two attached hydrogens (primary N) is 1. The Morgan fingerprint density at radius 3 is 2.45 bits per heavy atom. The molecule has 11 heavy (non-hydrogen) atoms. The third-order valence-electron chi connectivity index (χ3n) is 2.83. The lowest BCUT2D eigenvalue weighted by atomic mass is 10.0. The zero-order valence-electron chi connectivity index (χ0n) is 6.62. The van der Waals surface area contributed by atoms with E-state index < -0.39 is 0 Å². The summed E-state index contributed by atoms with van der Waals surface area (Å²) < 4.78 is 0. The molecule has 1 saturated heterocycles. The van der Waals surface area contributed by atoms with Crippen molar-refractivity contribution in [2.45, 2.75) is 19.3 Å². The van der Waals surface area contributed by atoms with E-state index in [0.717, 1.165) is 24.9 Å². The number of hydrogen-bond acceptors (Lipinski definition) is 1. The standard InChI is InChI=1S/C8H14N2S/c9-8(11)10-4-3-7(5-10)6-1-2-6/h6-7H,1-5H2,(H2,9,11). The average Bonchev–Trinajstić information content (AvgIpc) is 2.68. The zero-order chi connectivity index (χ0) is 7.84. The molecule has 1 unspecified atom stereocenters. The van der Waals surface area contributed by atoms with Gasteiger partial charge in [-0.15, -0.1) is 0 Å². The lowest BCUT2D eigenvalue weighted by molar-refractivity contribution is 0.450. The summed E-state index contributed by atoms with van der Waals surface area (Å²) in [5.41, 5.74) is 5.54. The molecule has 0 aromatic carbocycles. The number of hydrogen-bond donors (Lipinski definition) is 1. The zero-order valence-corrected chi connectivity index (χ0v) is 7.44. The fourth-order valence-corrected chi connectivity index (χ4v) is 2.11. The van der Waals surface area contributed by atoms with Gasteiger partial charge in [-0.3, -0.25) is 0 Å². The molecule has 0 spiro atoms. The normalized spacial score (nSPS) is 30.9. The van der Waals surface area contributed by atoms with Crippen molar-refractivity contribution in [3.63, 3.8) is 0 Å². The van der Waals surface area contributed by atoms with Gasteiger partial charge in [-0.1, -0.05) is 0 Å². The second-order valence-electron chi connectivity index (χ2n) is 3.67. The molecule has 2 rings (SSSR count). The van der Waals surface area contributed by atoms with Crippen molar-refractivity contribution < 1.29 is 0 Å². The van der Waals surface area contributed by atoms with E-state index in [1.807, 2.05) is 0 Å².